The Morgan fingerprint density at radius 3 is 2.57 bits per heavy atom. The number of piperazine rings is 1. The van der Waals surface area contributed by atoms with E-state index in [2.05, 4.69) is 38.1 Å². The number of ether oxygens (including phenoxy) is 1. The number of guanidine groups is 1. The molecule has 1 aromatic heterocycles. The van der Waals surface area contributed by atoms with Crippen molar-refractivity contribution in [1.82, 2.24) is 20.1 Å². The van der Waals surface area contributed by atoms with Crippen molar-refractivity contribution in [2.45, 2.75) is 31.6 Å². The molecule has 0 saturated carbocycles. The predicted molar refractivity (Wildman–Crippen MR) is 111 cm³/mol. The van der Waals surface area contributed by atoms with E-state index in [1.165, 1.54) is 18.4 Å². The molecule has 5 rings (SSSR count). The van der Waals surface area contributed by atoms with E-state index in [4.69, 9.17) is 9.72 Å². The molecule has 1 aromatic rings. The molecule has 152 valence electrons. The predicted octanol–water partition coefficient (Wildman–Crippen LogP) is 1.02. The highest BCUT2D eigenvalue weighted by Crippen LogP contribution is 2.47. The molecule has 4 atom stereocenters. The van der Waals surface area contributed by atoms with Gasteiger partial charge in [-0.1, -0.05) is 6.07 Å². The lowest BCUT2D eigenvalue weighted by Crippen LogP contribution is -2.45. The highest BCUT2D eigenvalue weighted by atomic mass is 16.5. The third kappa shape index (κ3) is 3.24. The number of aromatic nitrogens is 1. The van der Waals surface area contributed by atoms with E-state index in [1.54, 1.807) is 0 Å². The molecule has 0 spiro atoms. The molecular weight excluding hydrogens is 352 g/mol. The number of hydrogen-bond donors (Lipinski definition) is 1. The van der Waals surface area contributed by atoms with Crippen LogP contribution in [0.2, 0.25) is 0 Å². The molecule has 0 radical (unpaired) electrons. The van der Waals surface area contributed by atoms with Crippen molar-refractivity contribution >= 4 is 11.8 Å². The van der Waals surface area contributed by atoms with Crippen LogP contribution in [-0.2, 0) is 11.3 Å². The van der Waals surface area contributed by atoms with Crippen molar-refractivity contribution in [1.29, 1.82) is 0 Å². The molecule has 4 aliphatic heterocycles. The van der Waals surface area contributed by atoms with Crippen LogP contribution in [0.4, 0.5) is 5.82 Å². The van der Waals surface area contributed by atoms with Gasteiger partial charge < -0.3 is 24.8 Å². The first kappa shape index (κ1) is 18.2. The smallest absolute Gasteiger partial charge is 0.193 e. The van der Waals surface area contributed by atoms with Crippen molar-refractivity contribution in [3.8, 4) is 0 Å². The molecule has 5 heterocycles. The molecule has 0 aliphatic carbocycles. The van der Waals surface area contributed by atoms with Crippen LogP contribution in [0, 0.1) is 11.8 Å². The molecular formula is C21H32N6O. The van der Waals surface area contributed by atoms with Crippen LogP contribution in [0.15, 0.2) is 23.3 Å². The van der Waals surface area contributed by atoms with Crippen molar-refractivity contribution in [2.24, 2.45) is 16.8 Å². The molecule has 4 unspecified atom stereocenters. The fraction of sp³-hybridized carbons (Fsp3) is 0.714. The van der Waals surface area contributed by atoms with Crippen LogP contribution in [0.25, 0.3) is 0 Å². The molecule has 7 heteroatoms. The number of nitrogens with zero attached hydrogens (tertiary/aromatic N) is 5. The van der Waals surface area contributed by atoms with Gasteiger partial charge in [-0.2, -0.15) is 0 Å². The summed E-state index contributed by atoms with van der Waals surface area (Å²) in [5.74, 6) is 3.51. The zero-order valence-corrected chi connectivity index (χ0v) is 17.0. The summed E-state index contributed by atoms with van der Waals surface area (Å²) in [6.07, 6.45) is 5.37. The number of likely N-dealkylation sites (N-methyl/N-ethyl adjacent to an activating group) is 1. The monoisotopic (exact) mass is 384 g/mol. The Hall–Kier alpha value is -1.86. The van der Waals surface area contributed by atoms with Crippen molar-refractivity contribution in [2.75, 3.05) is 58.3 Å². The van der Waals surface area contributed by atoms with Gasteiger partial charge in [-0.3, -0.25) is 4.99 Å². The number of rotatable bonds is 3. The Balaban J connectivity index is 1.24. The third-order valence-electron chi connectivity index (χ3n) is 7.07. The Bertz CT molecular complexity index is 713. The third-order valence-corrected chi connectivity index (χ3v) is 7.07. The van der Waals surface area contributed by atoms with Gasteiger partial charge in [0.25, 0.3) is 0 Å². The second kappa shape index (κ2) is 7.52. The van der Waals surface area contributed by atoms with Crippen LogP contribution >= 0.6 is 0 Å². The molecule has 0 amide bonds. The Morgan fingerprint density at radius 1 is 1.18 bits per heavy atom. The fourth-order valence-electron chi connectivity index (χ4n) is 5.51. The zero-order chi connectivity index (χ0) is 19.1. The highest BCUT2D eigenvalue weighted by Gasteiger charge is 2.53. The maximum Gasteiger partial charge on any atom is 0.193 e. The van der Waals surface area contributed by atoms with E-state index in [-0.39, 0.29) is 0 Å². The maximum absolute atomic E-state index is 6.12. The minimum Gasteiger partial charge on any atom is -0.374 e. The fourth-order valence-corrected chi connectivity index (χ4v) is 5.51. The summed E-state index contributed by atoms with van der Waals surface area (Å²) in [4.78, 5) is 16.5. The lowest BCUT2D eigenvalue weighted by Gasteiger charge is -2.34. The standard InChI is InChI=1S/C21H32N6O/c1-22-21(27-13-16-17(14-27)19-6-5-18(16)28-19)24-12-15-4-3-7-23-20(15)26-10-8-25(2)9-11-26/h3-4,7,16-19H,5-6,8-14H2,1-2H3,(H,22,24). The van der Waals surface area contributed by atoms with E-state index in [9.17, 15) is 0 Å². The highest BCUT2D eigenvalue weighted by molar-refractivity contribution is 5.80. The molecule has 7 nitrogen and oxygen atoms in total. The summed E-state index contributed by atoms with van der Waals surface area (Å²) in [6.45, 7) is 7.16. The van der Waals surface area contributed by atoms with Crippen molar-refractivity contribution < 1.29 is 4.74 Å². The zero-order valence-electron chi connectivity index (χ0n) is 17.0. The average Bonchev–Trinajstić information content (AvgIpc) is 3.43. The number of aliphatic imine (C=N–C) groups is 1. The first-order valence-electron chi connectivity index (χ1n) is 10.7. The van der Waals surface area contributed by atoms with Gasteiger partial charge in [0.05, 0.1) is 12.2 Å². The number of nitrogens with one attached hydrogen (secondary N) is 1. The van der Waals surface area contributed by atoms with Crippen LogP contribution < -0.4 is 10.2 Å². The van der Waals surface area contributed by atoms with Crippen LogP contribution in [0.5, 0.6) is 0 Å². The number of anilines is 1. The van der Waals surface area contributed by atoms with E-state index in [1.807, 2.05) is 19.3 Å². The number of hydrogen-bond acceptors (Lipinski definition) is 5. The topological polar surface area (TPSA) is 56.2 Å². The largest absolute Gasteiger partial charge is 0.374 e. The van der Waals surface area contributed by atoms with Gasteiger partial charge >= 0.3 is 0 Å². The molecule has 4 fully saturated rings. The van der Waals surface area contributed by atoms with Gasteiger partial charge in [-0.05, 0) is 26.0 Å². The second-order valence-electron chi connectivity index (χ2n) is 8.70. The average molecular weight is 385 g/mol. The van der Waals surface area contributed by atoms with E-state index < -0.39 is 0 Å². The van der Waals surface area contributed by atoms with Crippen LogP contribution in [-0.4, -0.2) is 86.3 Å². The van der Waals surface area contributed by atoms with Gasteiger partial charge in [0.1, 0.15) is 5.82 Å². The summed E-state index contributed by atoms with van der Waals surface area (Å²) in [5, 5.41) is 3.61. The molecule has 2 bridgehead atoms. The SMILES string of the molecule is CN=C(NCc1cccnc1N1CCN(C)CC1)N1CC2C3CCC(O3)C2C1. The molecule has 4 saturated heterocycles. The lowest BCUT2D eigenvalue weighted by atomic mass is 9.82. The summed E-state index contributed by atoms with van der Waals surface area (Å²) in [6, 6.07) is 4.22. The van der Waals surface area contributed by atoms with E-state index in [0.717, 1.165) is 57.6 Å². The maximum atomic E-state index is 6.12. The second-order valence-corrected chi connectivity index (χ2v) is 8.70. The van der Waals surface area contributed by atoms with Gasteiger partial charge in [0.2, 0.25) is 0 Å². The quantitative estimate of drug-likeness (QED) is 0.620. The molecule has 0 aromatic carbocycles. The van der Waals surface area contributed by atoms with Gasteiger partial charge in [-0.25, -0.2) is 4.98 Å². The first-order chi connectivity index (χ1) is 13.7. The minimum atomic E-state index is 0.486. The van der Waals surface area contributed by atoms with Crippen LogP contribution in [0.3, 0.4) is 0 Å². The Labute approximate surface area is 167 Å². The van der Waals surface area contributed by atoms with Gasteiger partial charge in [0, 0.05) is 76.5 Å². The van der Waals surface area contributed by atoms with E-state index in [0.29, 0.717) is 24.0 Å². The summed E-state index contributed by atoms with van der Waals surface area (Å²) in [7, 11) is 4.08. The Morgan fingerprint density at radius 2 is 1.89 bits per heavy atom. The lowest BCUT2D eigenvalue weighted by molar-refractivity contribution is 0.0767. The Kier molecular flexibility index (Phi) is 4.88. The summed E-state index contributed by atoms with van der Waals surface area (Å²) >= 11 is 0. The summed E-state index contributed by atoms with van der Waals surface area (Å²) in [5.41, 5.74) is 1.25. The number of likely N-dealkylation sites (tertiary alicyclic amines) is 1. The van der Waals surface area contributed by atoms with Crippen molar-refractivity contribution in [3.05, 3.63) is 23.9 Å². The summed E-state index contributed by atoms with van der Waals surface area (Å²) < 4.78 is 6.12. The number of fused-ring (bicyclic) bond motifs is 5. The van der Waals surface area contributed by atoms with Crippen molar-refractivity contribution in [3.63, 3.8) is 0 Å². The van der Waals surface area contributed by atoms with Crippen LogP contribution in [0.1, 0.15) is 18.4 Å². The van der Waals surface area contributed by atoms with E-state index >= 15 is 0 Å². The number of pyridine rings is 1. The molecule has 4 aliphatic rings. The van der Waals surface area contributed by atoms with Gasteiger partial charge in [0.15, 0.2) is 5.96 Å². The normalized spacial score (nSPS) is 32.9. The molecule has 1 N–H and O–H groups in total. The first-order valence-corrected chi connectivity index (χ1v) is 10.7. The molecule has 28 heavy (non-hydrogen) atoms. The van der Waals surface area contributed by atoms with Gasteiger partial charge in [-0.15, -0.1) is 0 Å². The minimum absolute atomic E-state index is 0.486.